The minimum atomic E-state index is 0.205. The van der Waals surface area contributed by atoms with Gasteiger partial charge in [0.1, 0.15) is 18.1 Å². The summed E-state index contributed by atoms with van der Waals surface area (Å²) in [6.07, 6.45) is 0. The molecule has 0 aliphatic rings. The van der Waals surface area contributed by atoms with E-state index in [-0.39, 0.29) is 5.75 Å². The van der Waals surface area contributed by atoms with Crippen LogP contribution in [0.1, 0.15) is 12.6 Å². The van der Waals surface area contributed by atoms with Crippen LogP contribution in [0.5, 0.6) is 11.5 Å². The van der Waals surface area contributed by atoms with Gasteiger partial charge in [-0.2, -0.15) is 0 Å². The van der Waals surface area contributed by atoms with Crippen LogP contribution in [0.4, 0.5) is 5.69 Å². The Kier molecular flexibility index (Phi) is 3.44. The lowest BCUT2D eigenvalue weighted by atomic mass is 10.2. The predicted molar refractivity (Wildman–Crippen MR) is 84.5 cm³/mol. The normalized spacial score (nSPS) is 10.9. The van der Waals surface area contributed by atoms with Gasteiger partial charge in [0.25, 0.3) is 0 Å². The molecule has 0 fully saturated rings. The van der Waals surface area contributed by atoms with Crippen LogP contribution in [0, 0.1) is 0 Å². The third kappa shape index (κ3) is 2.65. The Labute approximate surface area is 123 Å². The fourth-order valence-electron chi connectivity index (χ4n) is 2.57. The third-order valence-corrected chi connectivity index (χ3v) is 3.53. The quantitative estimate of drug-likeness (QED) is 0.720. The number of nitrogens with zero attached hydrogens (tertiary/aromatic N) is 1. The van der Waals surface area contributed by atoms with Crippen LogP contribution in [0.3, 0.4) is 0 Å². The first-order chi connectivity index (χ1) is 10.2. The van der Waals surface area contributed by atoms with Gasteiger partial charge in [-0.25, -0.2) is 0 Å². The summed E-state index contributed by atoms with van der Waals surface area (Å²) in [6, 6.07) is 14.8. The Hall–Kier alpha value is -2.62. The molecule has 2 aromatic carbocycles. The molecule has 0 bridgehead atoms. The monoisotopic (exact) mass is 282 g/mol. The lowest BCUT2D eigenvalue weighted by Gasteiger charge is -2.10. The number of phenolic OH excluding ortho intramolecular Hbond substituents is 1. The number of nitrogen functional groups attached to an aromatic ring is 1. The molecule has 0 amide bonds. The molecule has 0 saturated carbocycles. The van der Waals surface area contributed by atoms with Crippen LogP contribution in [-0.2, 0) is 13.2 Å². The van der Waals surface area contributed by atoms with Crippen LogP contribution in [0.25, 0.3) is 10.9 Å². The molecule has 0 radical (unpaired) electrons. The standard InChI is InChI=1S/C17H18N2O2/c1-2-19-14(9-12-8-13(18)6-7-17(12)19)11-21-16-5-3-4-15(20)10-16/h3-10,20H,2,11,18H2,1H3. The largest absolute Gasteiger partial charge is 0.508 e. The molecule has 0 saturated heterocycles. The smallest absolute Gasteiger partial charge is 0.128 e. The number of ether oxygens (including phenoxy) is 1. The molecule has 3 rings (SSSR count). The van der Waals surface area contributed by atoms with Crippen molar-refractivity contribution in [3.05, 3.63) is 54.2 Å². The Morgan fingerprint density at radius 2 is 2.00 bits per heavy atom. The first-order valence-corrected chi connectivity index (χ1v) is 6.97. The summed E-state index contributed by atoms with van der Waals surface area (Å²) in [5.74, 6) is 0.860. The van der Waals surface area contributed by atoms with E-state index in [4.69, 9.17) is 10.5 Å². The van der Waals surface area contributed by atoms with Gasteiger partial charge in [-0.3, -0.25) is 0 Å². The molecule has 4 heteroatoms. The molecule has 108 valence electrons. The van der Waals surface area contributed by atoms with E-state index in [1.807, 2.05) is 24.3 Å². The summed E-state index contributed by atoms with van der Waals surface area (Å²) in [7, 11) is 0. The van der Waals surface area contributed by atoms with E-state index in [9.17, 15) is 5.11 Å². The number of rotatable bonds is 4. The summed E-state index contributed by atoms with van der Waals surface area (Å²) < 4.78 is 7.97. The van der Waals surface area contributed by atoms with Crippen LogP contribution in [-0.4, -0.2) is 9.67 Å². The zero-order valence-electron chi connectivity index (χ0n) is 11.9. The van der Waals surface area contributed by atoms with Crippen molar-refractivity contribution in [2.24, 2.45) is 0 Å². The molecular weight excluding hydrogens is 264 g/mol. The third-order valence-electron chi connectivity index (χ3n) is 3.53. The molecular formula is C17H18N2O2. The van der Waals surface area contributed by atoms with Crippen LogP contribution < -0.4 is 10.5 Å². The van der Waals surface area contributed by atoms with Gasteiger partial charge in [0.2, 0.25) is 0 Å². The van der Waals surface area contributed by atoms with E-state index >= 15 is 0 Å². The summed E-state index contributed by atoms with van der Waals surface area (Å²) in [5.41, 5.74) is 8.84. The number of hydrogen-bond donors (Lipinski definition) is 2. The molecule has 3 N–H and O–H groups in total. The predicted octanol–water partition coefficient (Wildman–Crippen LogP) is 3.53. The van der Waals surface area contributed by atoms with Gasteiger partial charge in [-0.15, -0.1) is 0 Å². The first kappa shape index (κ1) is 13.4. The highest BCUT2D eigenvalue weighted by Crippen LogP contribution is 2.24. The van der Waals surface area contributed by atoms with Gasteiger partial charge in [-0.05, 0) is 43.3 Å². The maximum Gasteiger partial charge on any atom is 0.128 e. The summed E-state index contributed by atoms with van der Waals surface area (Å²) in [6.45, 7) is 3.42. The number of hydrogen-bond acceptors (Lipinski definition) is 3. The minimum Gasteiger partial charge on any atom is -0.508 e. The van der Waals surface area contributed by atoms with Crippen molar-refractivity contribution in [2.75, 3.05) is 5.73 Å². The van der Waals surface area contributed by atoms with Crippen molar-refractivity contribution in [1.29, 1.82) is 0 Å². The Balaban J connectivity index is 1.89. The number of aryl methyl sites for hydroxylation is 1. The van der Waals surface area contributed by atoms with E-state index in [0.717, 1.165) is 28.8 Å². The maximum absolute atomic E-state index is 9.46. The van der Waals surface area contributed by atoms with Crippen LogP contribution in [0.2, 0.25) is 0 Å². The molecule has 0 aliphatic carbocycles. The number of aromatic hydroxyl groups is 1. The highest BCUT2D eigenvalue weighted by molar-refractivity contribution is 5.84. The van der Waals surface area contributed by atoms with Gasteiger partial charge in [0.05, 0.1) is 5.69 Å². The topological polar surface area (TPSA) is 60.4 Å². The van der Waals surface area contributed by atoms with Crippen molar-refractivity contribution in [2.45, 2.75) is 20.1 Å². The number of fused-ring (bicyclic) bond motifs is 1. The first-order valence-electron chi connectivity index (χ1n) is 6.97. The average molecular weight is 282 g/mol. The lowest BCUT2D eigenvalue weighted by Crippen LogP contribution is -2.04. The van der Waals surface area contributed by atoms with Crippen LogP contribution >= 0.6 is 0 Å². The lowest BCUT2D eigenvalue weighted by molar-refractivity contribution is 0.294. The highest BCUT2D eigenvalue weighted by atomic mass is 16.5. The van der Waals surface area contributed by atoms with E-state index in [1.165, 1.54) is 0 Å². The second-order valence-corrected chi connectivity index (χ2v) is 4.98. The van der Waals surface area contributed by atoms with Crippen molar-refractivity contribution in [1.82, 2.24) is 4.57 Å². The zero-order valence-corrected chi connectivity index (χ0v) is 11.9. The Morgan fingerprint density at radius 3 is 2.76 bits per heavy atom. The second-order valence-electron chi connectivity index (χ2n) is 4.98. The molecule has 0 unspecified atom stereocenters. The molecule has 3 aromatic rings. The van der Waals surface area contributed by atoms with E-state index in [2.05, 4.69) is 17.6 Å². The molecule has 0 spiro atoms. The van der Waals surface area contributed by atoms with Crippen molar-refractivity contribution >= 4 is 16.6 Å². The molecule has 0 aliphatic heterocycles. The van der Waals surface area contributed by atoms with E-state index in [1.54, 1.807) is 18.2 Å². The van der Waals surface area contributed by atoms with E-state index < -0.39 is 0 Å². The minimum absolute atomic E-state index is 0.205. The van der Waals surface area contributed by atoms with Gasteiger partial charge >= 0.3 is 0 Å². The van der Waals surface area contributed by atoms with Crippen molar-refractivity contribution < 1.29 is 9.84 Å². The summed E-state index contributed by atoms with van der Waals surface area (Å²) in [4.78, 5) is 0. The second kappa shape index (κ2) is 5.40. The van der Waals surface area contributed by atoms with Crippen LogP contribution in [0.15, 0.2) is 48.5 Å². The van der Waals surface area contributed by atoms with Gasteiger partial charge in [0, 0.05) is 29.2 Å². The fourth-order valence-corrected chi connectivity index (χ4v) is 2.57. The molecule has 4 nitrogen and oxygen atoms in total. The van der Waals surface area contributed by atoms with Crippen molar-refractivity contribution in [3.8, 4) is 11.5 Å². The number of nitrogens with two attached hydrogens (primary N) is 1. The van der Waals surface area contributed by atoms with Gasteiger partial charge in [0.15, 0.2) is 0 Å². The Morgan fingerprint density at radius 1 is 1.14 bits per heavy atom. The summed E-state index contributed by atoms with van der Waals surface area (Å²) in [5, 5.41) is 10.6. The zero-order chi connectivity index (χ0) is 14.8. The number of phenols is 1. The molecule has 21 heavy (non-hydrogen) atoms. The summed E-state index contributed by atoms with van der Waals surface area (Å²) >= 11 is 0. The van der Waals surface area contributed by atoms with Gasteiger partial charge in [-0.1, -0.05) is 6.07 Å². The van der Waals surface area contributed by atoms with Crippen molar-refractivity contribution in [3.63, 3.8) is 0 Å². The number of anilines is 1. The average Bonchev–Trinajstić information content (AvgIpc) is 2.81. The fraction of sp³-hybridized carbons (Fsp3) is 0.176. The SMILES string of the molecule is CCn1c(COc2cccc(O)c2)cc2cc(N)ccc21. The number of benzene rings is 2. The molecule has 1 aromatic heterocycles. The maximum atomic E-state index is 9.46. The van der Waals surface area contributed by atoms with E-state index in [0.29, 0.717) is 12.4 Å². The Bertz CT molecular complexity index is 778. The molecule has 1 heterocycles. The molecule has 0 atom stereocenters. The highest BCUT2D eigenvalue weighted by Gasteiger charge is 2.08. The van der Waals surface area contributed by atoms with Gasteiger partial charge < -0.3 is 20.1 Å². The number of aromatic nitrogens is 1.